The zero-order chi connectivity index (χ0) is 10.8. The Balaban J connectivity index is 2.11. The van der Waals surface area contributed by atoms with Crippen molar-refractivity contribution in [3.8, 4) is 0 Å². The first kappa shape index (κ1) is 10.7. The molecular formula is C13H16ClN. The minimum absolute atomic E-state index is 0.481. The van der Waals surface area contributed by atoms with Crippen LogP contribution in [0.5, 0.6) is 0 Å². The summed E-state index contributed by atoms with van der Waals surface area (Å²) in [7, 11) is 0. The number of fused-ring (bicyclic) bond motifs is 1. The topological polar surface area (TPSA) is 12.0 Å². The van der Waals surface area contributed by atoms with Gasteiger partial charge in [0.1, 0.15) is 0 Å². The molecule has 15 heavy (non-hydrogen) atoms. The van der Waals surface area contributed by atoms with Crippen LogP contribution < -0.4 is 5.32 Å². The summed E-state index contributed by atoms with van der Waals surface area (Å²) in [6.07, 6.45) is 2.30. The van der Waals surface area contributed by atoms with Gasteiger partial charge in [0.15, 0.2) is 0 Å². The lowest BCUT2D eigenvalue weighted by Crippen LogP contribution is -2.20. The van der Waals surface area contributed by atoms with Gasteiger partial charge >= 0.3 is 0 Å². The number of rotatable bonds is 3. The zero-order valence-electron chi connectivity index (χ0n) is 9.02. The summed E-state index contributed by atoms with van der Waals surface area (Å²) in [6.45, 7) is 6.84. The molecule has 1 nitrogen and oxygen atoms in total. The Hall–Kier alpha value is -0.790. The van der Waals surface area contributed by atoms with Crippen molar-refractivity contribution in [1.29, 1.82) is 0 Å². The first-order valence-electron chi connectivity index (χ1n) is 5.33. The van der Waals surface area contributed by atoms with Crippen LogP contribution in [0.3, 0.4) is 0 Å². The van der Waals surface area contributed by atoms with Crippen LogP contribution in [0.2, 0.25) is 5.02 Å². The highest BCUT2D eigenvalue weighted by atomic mass is 35.5. The van der Waals surface area contributed by atoms with E-state index in [9.17, 15) is 0 Å². The number of halogens is 1. The lowest BCUT2D eigenvalue weighted by Gasteiger charge is -2.13. The van der Waals surface area contributed by atoms with E-state index in [1.54, 1.807) is 0 Å². The molecule has 1 aromatic carbocycles. The molecule has 0 amide bonds. The van der Waals surface area contributed by atoms with E-state index >= 15 is 0 Å². The lowest BCUT2D eigenvalue weighted by atomic mass is 10.1. The fourth-order valence-corrected chi connectivity index (χ4v) is 2.29. The highest BCUT2D eigenvalue weighted by molar-refractivity contribution is 6.30. The second-order valence-corrected chi connectivity index (χ2v) is 4.71. The molecule has 1 aliphatic rings. The molecule has 0 spiro atoms. The maximum absolute atomic E-state index is 5.96. The smallest absolute Gasteiger partial charge is 0.0408 e. The van der Waals surface area contributed by atoms with E-state index in [2.05, 4.69) is 24.0 Å². The van der Waals surface area contributed by atoms with E-state index in [-0.39, 0.29) is 0 Å². The third-order valence-electron chi connectivity index (χ3n) is 2.83. The molecule has 1 aromatic rings. The fraction of sp³-hybridized carbons (Fsp3) is 0.385. The molecule has 0 radical (unpaired) electrons. The van der Waals surface area contributed by atoms with Gasteiger partial charge in [-0.05, 0) is 43.0 Å². The van der Waals surface area contributed by atoms with Crippen LogP contribution in [0.25, 0.3) is 0 Å². The van der Waals surface area contributed by atoms with Gasteiger partial charge in [-0.2, -0.15) is 0 Å². The standard InChI is InChI=1S/C13H16ClN/c1-9(2)8-15-13-6-3-10-7-11(14)4-5-12(10)13/h4-5,7,13,15H,1,3,6,8H2,2H3. The molecule has 0 aromatic heterocycles. The Morgan fingerprint density at radius 2 is 2.40 bits per heavy atom. The van der Waals surface area contributed by atoms with Crippen molar-refractivity contribution in [2.45, 2.75) is 25.8 Å². The molecule has 0 saturated carbocycles. The number of hydrogen-bond donors (Lipinski definition) is 1. The molecule has 0 bridgehead atoms. The SMILES string of the molecule is C=C(C)CNC1CCc2cc(Cl)ccc21. The normalized spacial score (nSPS) is 18.9. The van der Waals surface area contributed by atoms with Crippen molar-refractivity contribution in [1.82, 2.24) is 5.32 Å². The first-order chi connectivity index (χ1) is 7.16. The van der Waals surface area contributed by atoms with Crippen LogP contribution in [0.4, 0.5) is 0 Å². The Morgan fingerprint density at radius 1 is 1.60 bits per heavy atom. The highest BCUT2D eigenvalue weighted by Gasteiger charge is 2.21. The summed E-state index contributed by atoms with van der Waals surface area (Å²) < 4.78 is 0. The third-order valence-corrected chi connectivity index (χ3v) is 3.07. The quantitative estimate of drug-likeness (QED) is 0.771. The predicted octanol–water partition coefficient (Wildman–Crippen LogP) is 3.49. The van der Waals surface area contributed by atoms with E-state index < -0.39 is 0 Å². The van der Waals surface area contributed by atoms with Gasteiger partial charge in [0.2, 0.25) is 0 Å². The van der Waals surface area contributed by atoms with Crippen LogP contribution in [-0.4, -0.2) is 6.54 Å². The van der Waals surface area contributed by atoms with Crippen LogP contribution in [0, 0.1) is 0 Å². The van der Waals surface area contributed by atoms with Crippen LogP contribution in [0.1, 0.15) is 30.5 Å². The summed E-state index contributed by atoms with van der Waals surface area (Å²) >= 11 is 5.96. The molecule has 1 atom stereocenters. The van der Waals surface area contributed by atoms with Crippen LogP contribution >= 0.6 is 11.6 Å². The van der Waals surface area contributed by atoms with Gasteiger partial charge < -0.3 is 5.32 Å². The summed E-state index contributed by atoms with van der Waals surface area (Å²) in [4.78, 5) is 0. The lowest BCUT2D eigenvalue weighted by molar-refractivity contribution is 0.557. The second-order valence-electron chi connectivity index (χ2n) is 4.27. The molecule has 2 heteroatoms. The van der Waals surface area contributed by atoms with Gasteiger partial charge in [-0.1, -0.05) is 29.8 Å². The number of benzene rings is 1. The van der Waals surface area contributed by atoms with Gasteiger partial charge in [-0.3, -0.25) is 0 Å². The fourth-order valence-electron chi connectivity index (χ4n) is 2.10. The van der Waals surface area contributed by atoms with Crippen molar-refractivity contribution in [3.05, 3.63) is 46.5 Å². The molecule has 2 rings (SSSR count). The maximum Gasteiger partial charge on any atom is 0.0408 e. The van der Waals surface area contributed by atoms with Gasteiger partial charge in [-0.15, -0.1) is 0 Å². The molecular weight excluding hydrogens is 206 g/mol. The van der Waals surface area contributed by atoms with Crippen molar-refractivity contribution < 1.29 is 0 Å². The first-order valence-corrected chi connectivity index (χ1v) is 5.70. The van der Waals surface area contributed by atoms with E-state index in [1.807, 2.05) is 13.0 Å². The second kappa shape index (κ2) is 4.38. The predicted molar refractivity (Wildman–Crippen MR) is 65.3 cm³/mol. The minimum Gasteiger partial charge on any atom is -0.306 e. The van der Waals surface area contributed by atoms with Crippen molar-refractivity contribution in [2.75, 3.05) is 6.54 Å². The molecule has 1 unspecified atom stereocenters. The molecule has 0 saturated heterocycles. The van der Waals surface area contributed by atoms with E-state index in [0.717, 1.165) is 18.0 Å². The molecule has 1 aliphatic carbocycles. The summed E-state index contributed by atoms with van der Waals surface area (Å²) in [5.41, 5.74) is 3.97. The average molecular weight is 222 g/mol. The Morgan fingerprint density at radius 3 is 3.13 bits per heavy atom. The molecule has 1 N–H and O–H groups in total. The molecule has 0 fully saturated rings. The van der Waals surface area contributed by atoms with Crippen LogP contribution in [-0.2, 0) is 6.42 Å². The Bertz CT molecular complexity index is 384. The Labute approximate surface area is 96.1 Å². The Kier molecular flexibility index (Phi) is 3.13. The molecule has 80 valence electrons. The summed E-state index contributed by atoms with van der Waals surface area (Å²) in [6, 6.07) is 6.68. The van der Waals surface area contributed by atoms with Gasteiger partial charge in [0.25, 0.3) is 0 Å². The van der Waals surface area contributed by atoms with Crippen molar-refractivity contribution in [2.24, 2.45) is 0 Å². The minimum atomic E-state index is 0.481. The number of aryl methyl sites for hydroxylation is 1. The molecule has 0 aliphatic heterocycles. The van der Waals surface area contributed by atoms with Crippen LogP contribution in [0.15, 0.2) is 30.4 Å². The highest BCUT2D eigenvalue weighted by Crippen LogP contribution is 2.32. The number of nitrogens with one attached hydrogen (secondary N) is 1. The van der Waals surface area contributed by atoms with E-state index in [1.165, 1.54) is 23.1 Å². The van der Waals surface area contributed by atoms with E-state index in [0.29, 0.717) is 6.04 Å². The monoisotopic (exact) mass is 221 g/mol. The van der Waals surface area contributed by atoms with Gasteiger partial charge in [-0.25, -0.2) is 0 Å². The number of hydrogen-bond acceptors (Lipinski definition) is 1. The maximum atomic E-state index is 5.96. The average Bonchev–Trinajstić information content (AvgIpc) is 2.57. The van der Waals surface area contributed by atoms with Crippen molar-refractivity contribution >= 4 is 11.6 Å². The van der Waals surface area contributed by atoms with Gasteiger partial charge in [0, 0.05) is 17.6 Å². The zero-order valence-corrected chi connectivity index (χ0v) is 9.77. The summed E-state index contributed by atoms with van der Waals surface area (Å²) in [5.74, 6) is 0. The third kappa shape index (κ3) is 2.42. The molecule has 0 heterocycles. The summed E-state index contributed by atoms with van der Waals surface area (Å²) in [5, 5.41) is 4.36. The van der Waals surface area contributed by atoms with E-state index in [4.69, 9.17) is 11.6 Å². The largest absolute Gasteiger partial charge is 0.306 e. The van der Waals surface area contributed by atoms with Gasteiger partial charge in [0.05, 0.1) is 0 Å². The van der Waals surface area contributed by atoms with Crippen molar-refractivity contribution in [3.63, 3.8) is 0 Å².